The van der Waals surface area contributed by atoms with Gasteiger partial charge in [0, 0.05) is 16.9 Å². The van der Waals surface area contributed by atoms with Crippen LogP contribution in [0.4, 0.5) is 13.8 Å². The third kappa shape index (κ3) is 4.00. The second-order valence-corrected chi connectivity index (χ2v) is 10.4. The number of carbonyl (C=O) groups excluding carboxylic acids is 1. The molecule has 2 aromatic heterocycles. The van der Waals surface area contributed by atoms with Crippen LogP contribution < -0.4 is 14.8 Å². The minimum absolute atomic E-state index is 0.196. The molecule has 180 valence electrons. The van der Waals surface area contributed by atoms with Gasteiger partial charge in [0.15, 0.2) is 11.5 Å². The summed E-state index contributed by atoms with van der Waals surface area (Å²) < 4.78 is 40.6. The van der Waals surface area contributed by atoms with Crippen LogP contribution in [0.3, 0.4) is 0 Å². The Morgan fingerprint density at radius 1 is 1.00 bits per heavy atom. The van der Waals surface area contributed by atoms with Crippen LogP contribution in [0, 0.1) is 18.6 Å². The molecule has 0 fully saturated rings. The Morgan fingerprint density at radius 3 is 2.58 bits per heavy atom. The van der Waals surface area contributed by atoms with Gasteiger partial charge in [-0.2, -0.15) is 0 Å². The molecule has 0 unspecified atom stereocenters. The maximum atomic E-state index is 14.3. The van der Waals surface area contributed by atoms with Crippen LogP contribution in [0.2, 0.25) is 0 Å². The molecule has 0 bridgehead atoms. The van der Waals surface area contributed by atoms with Crippen LogP contribution in [0.15, 0.2) is 60.7 Å². The van der Waals surface area contributed by atoms with Crippen molar-refractivity contribution < 1.29 is 23.0 Å². The molecule has 1 amide bonds. The minimum Gasteiger partial charge on any atom is -0.454 e. The molecule has 0 aliphatic carbocycles. The van der Waals surface area contributed by atoms with Crippen molar-refractivity contribution in [1.29, 1.82) is 0 Å². The first kappa shape index (κ1) is 22.6. The van der Waals surface area contributed by atoms with Crippen LogP contribution >= 0.6 is 22.7 Å². The van der Waals surface area contributed by atoms with E-state index in [9.17, 15) is 13.6 Å². The first-order valence-electron chi connectivity index (χ1n) is 11.1. The molecule has 1 aliphatic rings. The van der Waals surface area contributed by atoms with E-state index in [2.05, 4.69) is 5.32 Å². The Bertz CT molecular complexity index is 1590. The van der Waals surface area contributed by atoms with E-state index in [0.717, 1.165) is 48.9 Å². The van der Waals surface area contributed by atoms with E-state index in [-0.39, 0.29) is 6.79 Å². The lowest BCUT2D eigenvalue weighted by Crippen LogP contribution is -2.15. The number of carbonyl (C=O) groups is 1. The highest BCUT2D eigenvalue weighted by molar-refractivity contribution is 7.23. The van der Waals surface area contributed by atoms with E-state index in [4.69, 9.17) is 14.5 Å². The summed E-state index contributed by atoms with van der Waals surface area (Å²) in [7, 11) is 0. The van der Waals surface area contributed by atoms with E-state index in [0.29, 0.717) is 22.9 Å². The number of anilines is 1. The molecule has 36 heavy (non-hydrogen) atoms. The number of benzene rings is 3. The number of rotatable bonds is 5. The highest BCUT2D eigenvalue weighted by Gasteiger charge is 2.25. The number of nitrogens with one attached hydrogen (secondary N) is 1. The van der Waals surface area contributed by atoms with Crippen molar-refractivity contribution in [2.45, 2.75) is 13.3 Å². The Morgan fingerprint density at radius 2 is 1.78 bits per heavy atom. The third-order valence-electron chi connectivity index (χ3n) is 5.97. The quantitative estimate of drug-likeness (QED) is 0.267. The zero-order valence-corrected chi connectivity index (χ0v) is 20.6. The van der Waals surface area contributed by atoms with Gasteiger partial charge in [-0.1, -0.05) is 24.3 Å². The molecule has 1 N–H and O–H groups in total. The summed E-state index contributed by atoms with van der Waals surface area (Å²) in [5, 5.41) is 3.98. The number of thiazole rings is 1. The molecular weight excluding hydrogens is 502 g/mol. The predicted octanol–water partition coefficient (Wildman–Crippen LogP) is 7.18. The maximum Gasteiger partial charge on any atom is 0.262 e. The largest absolute Gasteiger partial charge is 0.454 e. The minimum atomic E-state index is -0.914. The Kier molecular flexibility index (Phi) is 5.66. The summed E-state index contributed by atoms with van der Waals surface area (Å²) in [5.74, 6) is -1.28. The molecule has 0 spiro atoms. The molecular formula is C27H18F2N2O3S2. The SMILES string of the molecule is Cc1c(Cc2ccc3c(c2)OCO3)sc(NC(=O)c2c(F)cccc2F)c1-c1nc2ccccc2s1. The molecule has 0 atom stereocenters. The number of fused-ring (bicyclic) bond motifs is 2. The fourth-order valence-electron chi connectivity index (χ4n) is 4.17. The molecule has 0 radical (unpaired) electrons. The number of para-hydroxylation sites is 1. The average Bonchev–Trinajstić information content (AvgIpc) is 3.56. The number of thiophene rings is 1. The van der Waals surface area contributed by atoms with E-state index in [1.54, 1.807) is 0 Å². The van der Waals surface area contributed by atoms with E-state index in [1.807, 2.05) is 49.4 Å². The Balaban J connectivity index is 1.43. The monoisotopic (exact) mass is 520 g/mol. The molecule has 5 aromatic rings. The number of ether oxygens (including phenoxy) is 2. The first-order chi connectivity index (χ1) is 17.5. The number of hydrogen-bond donors (Lipinski definition) is 1. The summed E-state index contributed by atoms with van der Waals surface area (Å²) >= 11 is 2.87. The zero-order valence-electron chi connectivity index (χ0n) is 18.9. The van der Waals surface area contributed by atoms with Crippen LogP contribution in [-0.2, 0) is 6.42 Å². The van der Waals surface area contributed by atoms with E-state index >= 15 is 0 Å². The lowest BCUT2D eigenvalue weighted by molar-refractivity contribution is 0.101. The third-order valence-corrected chi connectivity index (χ3v) is 8.23. The first-order valence-corrected chi connectivity index (χ1v) is 12.7. The van der Waals surface area contributed by atoms with Crippen molar-refractivity contribution in [3.63, 3.8) is 0 Å². The zero-order chi connectivity index (χ0) is 24.8. The van der Waals surface area contributed by atoms with Crippen molar-refractivity contribution in [1.82, 2.24) is 4.98 Å². The lowest BCUT2D eigenvalue weighted by Gasteiger charge is -2.07. The average molecular weight is 521 g/mol. The van der Waals surface area contributed by atoms with Gasteiger partial charge in [0.2, 0.25) is 6.79 Å². The molecule has 0 saturated heterocycles. The van der Waals surface area contributed by atoms with Crippen LogP contribution in [0.25, 0.3) is 20.8 Å². The van der Waals surface area contributed by atoms with Crippen LogP contribution in [0.1, 0.15) is 26.4 Å². The van der Waals surface area contributed by atoms with Crippen molar-refractivity contribution in [2.75, 3.05) is 12.1 Å². The van der Waals surface area contributed by atoms with Gasteiger partial charge in [-0.25, -0.2) is 13.8 Å². The summed E-state index contributed by atoms with van der Waals surface area (Å²) in [6, 6.07) is 16.9. The fraction of sp³-hybridized carbons (Fsp3) is 0.111. The highest BCUT2D eigenvalue weighted by Crippen LogP contribution is 2.45. The second-order valence-electron chi connectivity index (χ2n) is 8.26. The highest BCUT2D eigenvalue weighted by atomic mass is 32.1. The van der Waals surface area contributed by atoms with Gasteiger partial charge in [-0.05, 0) is 54.4 Å². The van der Waals surface area contributed by atoms with Gasteiger partial charge < -0.3 is 14.8 Å². The van der Waals surface area contributed by atoms with Crippen molar-refractivity contribution in [2.24, 2.45) is 0 Å². The normalized spacial score (nSPS) is 12.3. The molecule has 5 nitrogen and oxygen atoms in total. The fourth-order valence-corrected chi connectivity index (χ4v) is 6.55. The molecule has 3 heterocycles. The number of amides is 1. The van der Waals surface area contributed by atoms with Crippen LogP contribution in [0.5, 0.6) is 11.5 Å². The van der Waals surface area contributed by atoms with Crippen molar-refractivity contribution >= 4 is 43.8 Å². The Hall–Kier alpha value is -3.82. The standard InChI is InChI=1S/C27H18F2N2O3S2/c1-14-22(12-15-9-10-19-20(11-15)34-13-33-19)36-27(31-25(32)24-16(28)5-4-6-17(24)29)23(14)26-30-18-7-2-3-8-21(18)35-26/h2-11H,12-13H2,1H3,(H,31,32). The Labute approximate surface area is 213 Å². The number of aromatic nitrogens is 1. The second kappa shape index (κ2) is 9.00. The molecule has 0 saturated carbocycles. The molecule has 6 rings (SSSR count). The van der Waals surface area contributed by atoms with E-state index < -0.39 is 23.1 Å². The number of hydrogen-bond acceptors (Lipinski definition) is 6. The summed E-state index contributed by atoms with van der Waals surface area (Å²) in [5.41, 5.74) is 2.94. The smallest absolute Gasteiger partial charge is 0.262 e. The number of halogens is 2. The van der Waals surface area contributed by atoms with Gasteiger partial charge in [0.05, 0.1) is 10.2 Å². The van der Waals surface area contributed by atoms with Gasteiger partial charge >= 0.3 is 0 Å². The molecule has 9 heteroatoms. The van der Waals surface area contributed by atoms with Gasteiger partial charge in [0.1, 0.15) is 27.2 Å². The predicted molar refractivity (Wildman–Crippen MR) is 137 cm³/mol. The van der Waals surface area contributed by atoms with Crippen molar-refractivity contribution in [3.05, 3.63) is 93.9 Å². The van der Waals surface area contributed by atoms with Gasteiger partial charge in [-0.15, -0.1) is 22.7 Å². The van der Waals surface area contributed by atoms with E-state index in [1.165, 1.54) is 28.7 Å². The topological polar surface area (TPSA) is 60.5 Å². The summed E-state index contributed by atoms with van der Waals surface area (Å²) in [6.45, 7) is 2.17. The number of nitrogens with zero attached hydrogens (tertiary/aromatic N) is 1. The van der Waals surface area contributed by atoms with Crippen LogP contribution in [-0.4, -0.2) is 17.7 Å². The van der Waals surface area contributed by atoms with Crippen molar-refractivity contribution in [3.8, 4) is 22.1 Å². The maximum absolute atomic E-state index is 14.3. The summed E-state index contributed by atoms with van der Waals surface area (Å²) in [4.78, 5) is 18.8. The molecule has 1 aliphatic heterocycles. The van der Waals surface area contributed by atoms with Gasteiger partial charge in [0.25, 0.3) is 5.91 Å². The van der Waals surface area contributed by atoms with Gasteiger partial charge in [-0.3, -0.25) is 4.79 Å². The molecule has 3 aromatic carbocycles. The lowest BCUT2D eigenvalue weighted by atomic mass is 10.1. The summed E-state index contributed by atoms with van der Waals surface area (Å²) in [6.07, 6.45) is 0.578.